The first-order valence-electron chi connectivity index (χ1n) is 4.08. The van der Waals surface area contributed by atoms with Crippen molar-refractivity contribution in [3.8, 4) is 0 Å². The number of carbonyl (C=O) groups is 1. The van der Waals surface area contributed by atoms with Gasteiger partial charge in [-0.2, -0.15) is 0 Å². The zero-order valence-corrected chi connectivity index (χ0v) is 9.04. The summed E-state index contributed by atoms with van der Waals surface area (Å²) in [4.78, 5) is 12.2. The van der Waals surface area contributed by atoms with Gasteiger partial charge >= 0.3 is 0 Å². The standard InChI is InChI=1S/C10H11ClOS/c1-3-7(2)6-9(12)10-8(11)4-5-13-10/h4-5H,2-3,6H2,1H3. The molecule has 0 aliphatic carbocycles. The summed E-state index contributed by atoms with van der Waals surface area (Å²) < 4.78 is 0. The van der Waals surface area contributed by atoms with E-state index in [0.717, 1.165) is 12.0 Å². The Hall–Kier alpha value is -0.600. The zero-order chi connectivity index (χ0) is 9.84. The summed E-state index contributed by atoms with van der Waals surface area (Å²) in [7, 11) is 0. The second kappa shape index (κ2) is 4.58. The van der Waals surface area contributed by atoms with E-state index in [1.807, 2.05) is 12.3 Å². The van der Waals surface area contributed by atoms with Crippen LogP contribution in [0.4, 0.5) is 0 Å². The lowest BCUT2D eigenvalue weighted by atomic mass is 10.1. The predicted octanol–water partition coefficient (Wildman–Crippen LogP) is 3.94. The van der Waals surface area contributed by atoms with Crippen molar-refractivity contribution in [1.82, 2.24) is 0 Å². The van der Waals surface area contributed by atoms with Crippen molar-refractivity contribution in [2.75, 3.05) is 0 Å². The molecule has 0 spiro atoms. The molecule has 1 heterocycles. The maximum atomic E-state index is 11.6. The lowest BCUT2D eigenvalue weighted by molar-refractivity contribution is 0.0996. The number of rotatable bonds is 4. The third-order valence-corrected chi connectivity index (χ3v) is 3.16. The highest BCUT2D eigenvalue weighted by Crippen LogP contribution is 2.24. The van der Waals surface area contributed by atoms with E-state index in [1.54, 1.807) is 6.07 Å². The molecule has 0 N–H and O–H groups in total. The first-order chi connectivity index (χ1) is 6.15. The van der Waals surface area contributed by atoms with Crippen molar-refractivity contribution in [1.29, 1.82) is 0 Å². The zero-order valence-electron chi connectivity index (χ0n) is 7.47. The van der Waals surface area contributed by atoms with E-state index >= 15 is 0 Å². The van der Waals surface area contributed by atoms with Crippen molar-refractivity contribution in [3.05, 3.63) is 33.5 Å². The van der Waals surface area contributed by atoms with Gasteiger partial charge in [-0.1, -0.05) is 30.7 Å². The monoisotopic (exact) mass is 214 g/mol. The minimum absolute atomic E-state index is 0.0758. The third-order valence-electron chi connectivity index (χ3n) is 1.78. The Kier molecular flexibility index (Phi) is 3.70. The smallest absolute Gasteiger partial charge is 0.178 e. The lowest BCUT2D eigenvalue weighted by Gasteiger charge is -1.99. The number of hydrogen-bond acceptors (Lipinski definition) is 2. The van der Waals surface area contributed by atoms with Gasteiger partial charge in [0.2, 0.25) is 0 Å². The van der Waals surface area contributed by atoms with Crippen LogP contribution in [-0.2, 0) is 0 Å². The maximum absolute atomic E-state index is 11.6. The molecule has 0 aliphatic rings. The summed E-state index contributed by atoms with van der Waals surface area (Å²) in [5, 5.41) is 2.38. The summed E-state index contributed by atoms with van der Waals surface area (Å²) in [6, 6.07) is 1.74. The minimum Gasteiger partial charge on any atom is -0.293 e. The molecule has 0 saturated carbocycles. The van der Waals surface area contributed by atoms with E-state index in [1.165, 1.54) is 11.3 Å². The lowest BCUT2D eigenvalue weighted by Crippen LogP contribution is -1.97. The number of hydrogen-bond donors (Lipinski definition) is 0. The first kappa shape index (κ1) is 10.5. The van der Waals surface area contributed by atoms with Crippen LogP contribution in [0.25, 0.3) is 0 Å². The average molecular weight is 215 g/mol. The fraction of sp³-hybridized carbons (Fsp3) is 0.300. The fourth-order valence-corrected chi connectivity index (χ4v) is 2.03. The second-order valence-corrected chi connectivity index (χ2v) is 4.12. The fourth-order valence-electron chi connectivity index (χ4n) is 0.925. The summed E-state index contributed by atoms with van der Waals surface area (Å²) in [6.45, 7) is 5.79. The Morgan fingerprint density at radius 2 is 2.38 bits per heavy atom. The Morgan fingerprint density at radius 1 is 1.69 bits per heavy atom. The molecule has 0 bridgehead atoms. The average Bonchev–Trinajstić information content (AvgIpc) is 2.51. The SMILES string of the molecule is C=C(CC)CC(=O)c1sccc1Cl. The summed E-state index contributed by atoms with van der Waals surface area (Å²) >= 11 is 7.21. The molecule has 0 saturated heterocycles. The molecule has 0 fully saturated rings. The van der Waals surface area contributed by atoms with Crippen molar-refractivity contribution >= 4 is 28.7 Å². The Labute approximate surface area is 87.0 Å². The van der Waals surface area contributed by atoms with Gasteiger partial charge in [-0.15, -0.1) is 11.3 Å². The van der Waals surface area contributed by atoms with Crippen molar-refractivity contribution in [3.63, 3.8) is 0 Å². The van der Waals surface area contributed by atoms with Gasteiger partial charge in [-0.25, -0.2) is 0 Å². The van der Waals surface area contributed by atoms with E-state index < -0.39 is 0 Å². The number of thiophene rings is 1. The van der Waals surface area contributed by atoms with E-state index in [9.17, 15) is 4.79 Å². The molecule has 0 amide bonds. The first-order valence-corrected chi connectivity index (χ1v) is 5.33. The molecular formula is C10H11ClOS. The molecule has 3 heteroatoms. The van der Waals surface area contributed by atoms with Crippen LogP contribution in [0.15, 0.2) is 23.6 Å². The minimum atomic E-state index is 0.0758. The third kappa shape index (κ3) is 2.68. The van der Waals surface area contributed by atoms with E-state index in [2.05, 4.69) is 6.58 Å². The van der Waals surface area contributed by atoms with E-state index in [4.69, 9.17) is 11.6 Å². The van der Waals surface area contributed by atoms with Gasteiger partial charge in [-0.05, 0) is 17.9 Å². The second-order valence-electron chi connectivity index (χ2n) is 2.80. The quantitative estimate of drug-likeness (QED) is 0.548. The number of ketones is 1. The normalized spacial score (nSPS) is 10.0. The molecule has 1 rings (SSSR count). The van der Waals surface area contributed by atoms with Crippen LogP contribution in [-0.4, -0.2) is 5.78 Å². The van der Waals surface area contributed by atoms with E-state index in [0.29, 0.717) is 16.3 Å². The van der Waals surface area contributed by atoms with Crippen molar-refractivity contribution in [2.45, 2.75) is 19.8 Å². The topological polar surface area (TPSA) is 17.1 Å². The molecule has 0 aliphatic heterocycles. The molecule has 70 valence electrons. The Bertz CT molecular complexity index is 327. The van der Waals surface area contributed by atoms with Crippen LogP contribution in [0.2, 0.25) is 5.02 Å². The highest BCUT2D eigenvalue weighted by Gasteiger charge is 2.11. The molecule has 1 aromatic heterocycles. The number of carbonyl (C=O) groups excluding carboxylic acids is 1. The Balaban J connectivity index is 2.69. The van der Waals surface area contributed by atoms with Crippen LogP contribution >= 0.6 is 22.9 Å². The van der Waals surface area contributed by atoms with Gasteiger partial charge in [0, 0.05) is 6.42 Å². The molecule has 1 nitrogen and oxygen atoms in total. The van der Waals surface area contributed by atoms with Gasteiger partial charge < -0.3 is 0 Å². The maximum Gasteiger partial charge on any atom is 0.178 e. The van der Waals surface area contributed by atoms with Crippen molar-refractivity contribution in [2.24, 2.45) is 0 Å². The number of halogens is 1. The molecule has 13 heavy (non-hydrogen) atoms. The highest BCUT2D eigenvalue weighted by molar-refractivity contribution is 7.12. The summed E-state index contributed by atoms with van der Waals surface area (Å²) in [5.41, 5.74) is 0.953. The van der Waals surface area contributed by atoms with Gasteiger partial charge in [0.05, 0.1) is 9.90 Å². The number of allylic oxidation sites excluding steroid dienone is 1. The molecule has 0 unspecified atom stereocenters. The van der Waals surface area contributed by atoms with Crippen LogP contribution < -0.4 is 0 Å². The van der Waals surface area contributed by atoms with E-state index in [-0.39, 0.29) is 5.78 Å². The molecule has 0 atom stereocenters. The highest BCUT2D eigenvalue weighted by atomic mass is 35.5. The van der Waals surface area contributed by atoms with Crippen molar-refractivity contribution < 1.29 is 4.79 Å². The molecular weight excluding hydrogens is 204 g/mol. The Morgan fingerprint density at radius 3 is 2.85 bits per heavy atom. The van der Waals surface area contributed by atoms with Gasteiger partial charge in [0.25, 0.3) is 0 Å². The van der Waals surface area contributed by atoms with Gasteiger partial charge in [0.1, 0.15) is 0 Å². The van der Waals surface area contributed by atoms with Crippen LogP contribution in [0.3, 0.4) is 0 Å². The van der Waals surface area contributed by atoms with Gasteiger partial charge in [0.15, 0.2) is 5.78 Å². The molecule has 0 aromatic carbocycles. The summed E-state index contributed by atoms with van der Waals surface area (Å²) in [5.74, 6) is 0.0758. The van der Waals surface area contributed by atoms with Crippen LogP contribution in [0.1, 0.15) is 29.4 Å². The summed E-state index contributed by atoms with van der Waals surface area (Å²) in [6.07, 6.45) is 1.26. The molecule has 0 radical (unpaired) electrons. The van der Waals surface area contributed by atoms with Gasteiger partial charge in [-0.3, -0.25) is 4.79 Å². The largest absolute Gasteiger partial charge is 0.293 e. The van der Waals surface area contributed by atoms with Crippen LogP contribution in [0, 0.1) is 0 Å². The number of Topliss-reactive ketones (excluding diaryl/α,β-unsaturated/α-hetero) is 1. The molecule has 1 aromatic rings. The van der Waals surface area contributed by atoms with Crippen LogP contribution in [0.5, 0.6) is 0 Å². The predicted molar refractivity (Wildman–Crippen MR) is 57.7 cm³/mol.